The molecule has 0 saturated heterocycles. The summed E-state index contributed by atoms with van der Waals surface area (Å²) in [6.07, 6.45) is 2.21. The Balaban J connectivity index is 1.55. The van der Waals surface area contributed by atoms with Gasteiger partial charge in [-0.15, -0.1) is 21.5 Å². The molecule has 1 amide bonds. The molecule has 7 nitrogen and oxygen atoms in total. The maximum Gasteiger partial charge on any atom is 0.273 e. The summed E-state index contributed by atoms with van der Waals surface area (Å²) in [6.45, 7) is 4.03. The fourth-order valence-corrected chi connectivity index (χ4v) is 4.27. The van der Waals surface area contributed by atoms with E-state index in [-0.39, 0.29) is 23.3 Å². The lowest BCUT2D eigenvalue weighted by Crippen LogP contribution is -2.25. The van der Waals surface area contributed by atoms with Crippen molar-refractivity contribution in [3.05, 3.63) is 57.7 Å². The van der Waals surface area contributed by atoms with Crippen molar-refractivity contribution in [1.29, 1.82) is 0 Å². The first-order valence-electron chi connectivity index (χ1n) is 9.90. The SMILES string of the molecule is CC[C@H](C)n1c(=O)c2sccc2n2c(CCCC(=O)Nc3ccc(F)cc3)nnc12. The van der Waals surface area contributed by atoms with Gasteiger partial charge in [-0.05, 0) is 55.5 Å². The molecule has 1 atom stereocenters. The Kier molecular flexibility index (Phi) is 5.63. The number of aromatic nitrogens is 4. The number of benzene rings is 1. The third kappa shape index (κ3) is 3.72. The number of hydrogen-bond acceptors (Lipinski definition) is 5. The molecule has 0 unspecified atom stereocenters. The minimum Gasteiger partial charge on any atom is -0.326 e. The second kappa shape index (κ2) is 8.35. The van der Waals surface area contributed by atoms with Gasteiger partial charge < -0.3 is 5.32 Å². The highest BCUT2D eigenvalue weighted by Gasteiger charge is 2.19. The molecule has 0 fully saturated rings. The van der Waals surface area contributed by atoms with Gasteiger partial charge in [-0.2, -0.15) is 0 Å². The minimum absolute atomic E-state index is 0.00466. The number of carbonyl (C=O) groups excluding carboxylic acids is 1. The van der Waals surface area contributed by atoms with E-state index in [2.05, 4.69) is 15.5 Å². The number of halogens is 1. The molecule has 3 aromatic heterocycles. The first-order chi connectivity index (χ1) is 14.5. The summed E-state index contributed by atoms with van der Waals surface area (Å²) < 4.78 is 17.3. The number of hydrogen-bond donors (Lipinski definition) is 1. The van der Waals surface area contributed by atoms with Gasteiger partial charge in [-0.1, -0.05) is 6.92 Å². The van der Waals surface area contributed by atoms with Crippen LogP contribution in [0, 0.1) is 5.82 Å². The first kappa shape index (κ1) is 20.2. The third-order valence-electron chi connectivity index (χ3n) is 5.19. The Morgan fingerprint density at radius 1 is 1.23 bits per heavy atom. The van der Waals surface area contributed by atoms with Gasteiger partial charge in [0.25, 0.3) is 5.56 Å². The highest BCUT2D eigenvalue weighted by molar-refractivity contribution is 7.17. The standard InChI is InChI=1S/C21H22FN5O2S/c1-3-13(2)26-20(29)19-16(11-12-30-19)27-17(24-25-21(26)27)5-4-6-18(28)23-15-9-7-14(22)8-10-15/h7-13H,3-6H2,1-2H3,(H,23,28)/t13-/m0/s1. The van der Waals surface area contributed by atoms with Crippen molar-refractivity contribution in [1.82, 2.24) is 19.2 Å². The molecule has 1 aromatic carbocycles. The Morgan fingerprint density at radius 2 is 2.00 bits per heavy atom. The van der Waals surface area contributed by atoms with E-state index in [1.165, 1.54) is 35.6 Å². The molecule has 3 heterocycles. The highest BCUT2D eigenvalue weighted by Crippen LogP contribution is 2.23. The predicted octanol–water partition coefficient (Wildman–Crippen LogP) is 4.18. The van der Waals surface area contributed by atoms with E-state index in [0.29, 0.717) is 35.4 Å². The summed E-state index contributed by atoms with van der Waals surface area (Å²) in [5.41, 5.74) is 1.32. The molecule has 0 spiro atoms. The summed E-state index contributed by atoms with van der Waals surface area (Å²) in [5, 5.41) is 13.3. The van der Waals surface area contributed by atoms with Crippen molar-refractivity contribution in [2.24, 2.45) is 0 Å². The van der Waals surface area contributed by atoms with Gasteiger partial charge >= 0.3 is 0 Å². The molecule has 0 saturated carbocycles. The maximum atomic E-state index is 13.0. The van der Waals surface area contributed by atoms with E-state index >= 15 is 0 Å². The van der Waals surface area contributed by atoms with Crippen LogP contribution in [-0.2, 0) is 11.2 Å². The summed E-state index contributed by atoms with van der Waals surface area (Å²) in [6, 6.07) is 7.58. The van der Waals surface area contributed by atoms with Crippen molar-refractivity contribution >= 4 is 38.9 Å². The van der Waals surface area contributed by atoms with Crippen LogP contribution in [0.5, 0.6) is 0 Å². The molecule has 4 aromatic rings. The molecule has 0 aliphatic carbocycles. The smallest absolute Gasteiger partial charge is 0.273 e. The highest BCUT2D eigenvalue weighted by atomic mass is 32.1. The summed E-state index contributed by atoms with van der Waals surface area (Å²) in [5.74, 6) is 0.765. The van der Waals surface area contributed by atoms with Gasteiger partial charge in [0.05, 0.1) is 5.52 Å². The minimum atomic E-state index is -0.345. The molecule has 0 aliphatic rings. The van der Waals surface area contributed by atoms with Crippen LogP contribution in [0.15, 0.2) is 40.5 Å². The molecule has 0 bridgehead atoms. The van der Waals surface area contributed by atoms with E-state index in [9.17, 15) is 14.0 Å². The Morgan fingerprint density at radius 3 is 2.73 bits per heavy atom. The summed E-state index contributed by atoms with van der Waals surface area (Å²) >= 11 is 1.41. The van der Waals surface area contributed by atoms with Crippen LogP contribution in [0.1, 0.15) is 45.0 Å². The Hall–Kier alpha value is -3.07. The van der Waals surface area contributed by atoms with Crippen LogP contribution in [0.2, 0.25) is 0 Å². The van der Waals surface area contributed by atoms with E-state index in [4.69, 9.17) is 0 Å². The molecule has 4 rings (SSSR count). The zero-order valence-corrected chi connectivity index (χ0v) is 17.6. The van der Waals surface area contributed by atoms with E-state index in [1.807, 2.05) is 29.7 Å². The largest absolute Gasteiger partial charge is 0.326 e. The number of anilines is 1. The molecular weight excluding hydrogens is 405 g/mol. The lowest BCUT2D eigenvalue weighted by molar-refractivity contribution is -0.116. The van der Waals surface area contributed by atoms with Crippen LogP contribution < -0.4 is 10.9 Å². The zero-order valence-electron chi connectivity index (χ0n) is 16.8. The van der Waals surface area contributed by atoms with Crippen LogP contribution >= 0.6 is 11.3 Å². The number of fused-ring (bicyclic) bond motifs is 3. The summed E-state index contributed by atoms with van der Waals surface area (Å²) in [7, 11) is 0. The average molecular weight is 428 g/mol. The van der Waals surface area contributed by atoms with Gasteiger partial charge in [0, 0.05) is 24.6 Å². The molecule has 0 radical (unpaired) electrons. The molecule has 30 heavy (non-hydrogen) atoms. The average Bonchev–Trinajstić information content (AvgIpc) is 3.37. The number of rotatable bonds is 7. The lowest BCUT2D eigenvalue weighted by Gasteiger charge is -2.14. The molecular formula is C21H22FN5O2S. The third-order valence-corrected chi connectivity index (χ3v) is 6.08. The van der Waals surface area contributed by atoms with Crippen molar-refractivity contribution in [3.8, 4) is 0 Å². The van der Waals surface area contributed by atoms with Crippen LogP contribution in [0.25, 0.3) is 16.0 Å². The lowest BCUT2D eigenvalue weighted by atomic mass is 10.2. The van der Waals surface area contributed by atoms with E-state index in [0.717, 1.165) is 17.8 Å². The van der Waals surface area contributed by atoms with Crippen LogP contribution in [0.4, 0.5) is 10.1 Å². The number of nitrogens with one attached hydrogen (secondary N) is 1. The van der Waals surface area contributed by atoms with Gasteiger partial charge in [0.15, 0.2) is 0 Å². The van der Waals surface area contributed by atoms with Crippen LogP contribution in [0.3, 0.4) is 0 Å². The first-order valence-corrected chi connectivity index (χ1v) is 10.8. The normalized spacial score (nSPS) is 12.5. The molecule has 1 N–H and O–H groups in total. The fourth-order valence-electron chi connectivity index (χ4n) is 3.45. The monoisotopic (exact) mass is 427 g/mol. The van der Waals surface area contributed by atoms with Crippen molar-refractivity contribution in [2.75, 3.05) is 5.32 Å². The number of aryl methyl sites for hydroxylation is 1. The van der Waals surface area contributed by atoms with E-state index in [1.54, 1.807) is 4.57 Å². The van der Waals surface area contributed by atoms with E-state index < -0.39 is 0 Å². The number of nitrogens with zero attached hydrogens (tertiary/aromatic N) is 4. The molecule has 156 valence electrons. The number of amides is 1. The van der Waals surface area contributed by atoms with Crippen molar-refractivity contribution < 1.29 is 9.18 Å². The fraction of sp³-hybridized carbons (Fsp3) is 0.333. The predicted molar refractivity (Wildman–Crippen MR) is 116 cm³/mol. The zero-order chi connectivity index (χ0) is 21.3. The van der Waals surface area contributed by atoms with Gasteiger partial charge in [-0.25, -0.2) is 4.39 Å². The van der Waals surface area contributed by atoms with Gasteiger partial charge in [0.2, 0.25) is 11.7 Å². The second-order valence-electron chi connectivity index (χ2n) is 7.23. The Labute approximate surface area is 176 Å². The Bertz CT molecular complexity index is 1260. The van der Waals surface area contributed by atoms with Gasteiger partial charge in [-0.3, -0.25) is 18.6 Å². The molecule has 0 aliphatic heterocycles. The topological polar surface area (TPSA) is 81.3 Å². The van der Waals surface area contributed by atoms with Crippen molar-refractivity contribution in [2.45, 2.75) is 45.6 Å². The van der Waals surface area contributed by atoms with Crippen molar-refractivity contribution in [3.63, 3.8) is 0 Å². The molecule has 9 heteroatoms. The van der Waals surface area contributed by atoms with Gasteiger partial charge in [0.1, 0.15) is 16.3 Å². The second-order valence-corrected chi connectivity index (χ2v) is 8.14. The number of thiophene rings is 1. The summed E-state index contributed by atoms with van der Waals surface area (Å²) in [4.78, 5) is 25.1. The maximum absolute atomic E-state index is 13.0. The number of carbonyl (C=O) groups is 1. The quantitative estimate of drug-likeness (QED) is 0.480. The van der Waals surface area contributed by atoms with Crippen LogP contribution in [-0.4, -0.2) is 25.1 Å².